The van der Waals surface area contributed by atoms with Crippen LogP contribution in [0.15, 0.2) is 24.3 Å². The Morgan fingerprint density at radius 2 is 1.80 bits per heavy atom. The average Bonchev–Trinajstić information content (AvgIpc) is 2.16. The average molecular weight is 222 g/mol. The molecule has 15 heavy (non-hydrogen) atoms. The van der Waals surface area contributed by atoms with Crippen LogP contribution in [0.2, 0.25) is 0 Å². The number of nitrogen functional groups attached to an aromatic ring is 1. The Bertz CT molecular complexity index is 330. The van der Waals surface area contributed by atoms with Gasteiger partial charge in [-0.25, -0.2) is 0 Å². The molecule has 2 atom stereocenters. The van der Waals surface area contributed by atoms with Gasteiger partial charge in [0.05, 0.1) is 11.4 Å². The molecule has 2 nitrogen and oxygen atoms in total. The van der Waals surface area contributed by atoms with Crippen LogP contribution in [0.3, 0.4) is 0 Å². The molecule has 0 aliphatic carbocycles. The van der Waals surface area contributed by atoms with Crippen molar-refractivity contribution in [3.05, 3.63) is 24.3 Å². The van der Waals surface area contributed by atoms with Gasteiger partial charge in [-0.2, -0.15) is 11.8 Å². The van der Waals surface area contributed by atoms with Gasteiger partial charge in [-0.15, -0.1) is 0 Å². The number of anilines is 2. The van der Waals surface area contributed by atoms with Crippen molar-refractivity contribution in [2.75, 3.05) is 23.7 Å². The van der Waals surface area contributed by atoms with E-state index in [4.69, 9.17) is 5.73 Å². The highest BCUT2D eigenvalue weighted by atomic mass is 32.2. The Morgan fingerprint density at radius 3 is 2.40 bits per heavy atom. The van der Waals surface area contributed by atoms with Gasteiger partial charge in [-0.1, -0.05) is 26.0 Å². The SMILES string of the molecule is CC1CN(c2ccccc2N)CC(C)S1. The molecule has 2 rings (SSSR count). The van der Waals surface area contributed by atoms with E-state index in [1.54, 1.807) is 0 Å². The topological polar surface area (TPSA) is 29.3 Å². The summed E-state index contributed by atoms with van der Waals surface area (Å²) in [7, 11) is 0. The quantitative estimate of drug-likeness (QED) is 0.741. The van der Waals surface area contributed by atoms with Crippen molar-refractivity contribution in [3.63, 3.8) is 0 Å². The van der Waals surface area contributed by atoms with Crippen molar-refractivity contribution in [3.8, 4) is 0 Å². The standard InChI is InChI=1S/C12H18N2S/c1-9-7-14(8-10(2)15-9)12-6-4-3-5-11(12)13/h3-6,9-10H,7-8,13H2,1-2H3. The van der Waals surface area contributed by atoms with E-state index in [2.05, 4.69) is 42.6 Å². The second-order valence-electron chi connectivity index (χ2n) is 4.22. The molecular weight excluding hydrogens is 204 g/mol. The van der Waals surface area contributed by atoms with Crippen molar-refractivity contribution >= 4 is 23.1 Å². The Labute approximate surface area is 95.8 Å². The third kappa shape index (κ3) is 2.40. The Hall–Kier alpha value is -0.830. The van der Waals surface area contributed by atoms with Gasteiger partial charge in [0.25, 0.3) is 0 Å². The zero-order valence-electron chi connectivity index (χ0n) is 9.31. The minimum atomic E-state index is 0.688. The molecule has 1 aliphatic rings. The van der Waals surface area contributed by atoms with E-state index in [1.165, 1.54) is 5.69 Å². The number of benzene rings is 1. The molecule has 0 aromatic heterocycles. The van der Waals surface area contributed by atoms with Gasteiger partial charge in [-0.05, 0) is 12.1 Å². The molecule has 0 spiro atoms. The van der Waals surface area contributed by atoms with Crippen LogP contribution in [0.25, 0.3) is 0 Å². The zero-order chi connectivity index (χ0) is 10.8. The maximum absolute atomic E-state index is 5.99. The first-order valence-electron chi connectivity index (χ1n) is 5.41. The first-order chi connectivity index (χ1) is 7.16. The predicted octanol–water partition coefficient (Wildman–Crippen LogP) is 2.60. The largest absolute Gasteiger partial charge is 0.397 e. The second-order valence-corrected chi connectivity index (χ2v) is 6.10. The first kappa shape index (κ1) is 10.7. The summed E-state index contributed by atoms with van der Waals surface area (Å²) >= 11 is 2.06. The number of hydrogen-bond acceptors (Lipinski definition) is 3. The highest BCUT2D eigenvalue weighted by Crippen LogP contribution is 2.31. The second kappa shape index (κ2) is 4.35. The zero-order valence-corrected chi connectivity index (χ0v) is 10.1. The summed E-state index contributed by atoms with van der Waals surface area (Å²) in [6, 6.07) is 8.14. The van der Waals surface area contributed by atoms with Gasteiger partial charge in [0.1, 0.15) is 0 Å². The summed E-state index contributed by atoms with van der Waals surface area (Å²) in [6.45, 7) is 6.77. The van der Waals surface area contributed by atoms with Crippen LogP contribution in [-0.4, -0.2) is 23.6 Å². The normalized spacial score (nSPS) is 26.7. The summed E-state index contributed by atoms with van der Waals surface area (Å²) < 4.78 is 0. The van der Waals surface area contributed by atoms with E-state index in [1.807, 2.05) is 12.1 Å². The van der Waals surface area contributed by atoms with Crippen molar-refractivity contribution in [2.24, 2.45) is 0 Å². The van der Waals surface area contributed by atoms with Crippen LogP contribution >= 0.6 is 11.8 Å². The van der Waals surface area contributed by atoms with E-state index in [-0.39, 0.29) is 0 Å². The first-order valence-corrected chi connectivity index (χ1v) is 6.36. The molecule has 2 N–H and O–H groups in total. The highest BCUT2D eigenvalue weighted by Gasteiger charge is 2.23. The van der Waals surface area contributed by atoms with Crippen LogP contribution in [0.1, 0.15) is 13.8 Å². The lowest BCUT2D eigenvalue weighted by Gasteiger charge is -2.36. The smallest absolute Gasteiger partial charge is 0.0600 e. The number of para-hydroxylation sites is 2. The Morgan fingerprint density at radius 1 is 1.20 bits per heavy atom. The van der Waals surface area contributed by atoms with Gasteiger partial charge in [0.2, 0.25) is 0 Å². The molecule has 1 aromatic rings. The van der Waals surface area contributed by atoms with E-state index >= 15 is 0 Å². The molecule has 1 aliphatic heterocycles. The van der Waals surface area contributed by atoms with E-state index in [0.29, 0.717) is 10.5 Å². The molecule has 2 unspecified atom stereocenters. The third-order valence-electron chi connectivity index (χ3n) is 2.70. The van der Waals surface area contributed by atoms with E-state index in [9.17, 15) is 0 Å². The highest BCUT2D eigenvalue weighted by molar-refractivity contribution is 8.00. The Kier molecular flexibility index (Phi) is 3.10. The van der Waals surface area contributed by atoms with Gasteiger partial charge in [0, 0.05) is 23.6 Å². The van der Waals surface area contributed by atoms with Crippen LogP contribution in [0, 0.1) is 0 Å². The molecule has 1 fully saturated rings. The summed E-state index contributed by atoms with van der Waals surface area (Å²) in [4.78, 5) is 2.40. The maximum atomic E-state index is 5.99. The molecule has 1 aromatic carbocycles. The van der Waals surface area contributed by atoms with Crippen molar-refractivity contribution < 1.29 is 0 Å². The van der Waals surface area contributed by atoms with Crippen molar-refractivity contribution in [1.82, 2.24) is 0 Å². The van der Waals surface area contributed by atoms with Gasteiger partial charge >= 0.3 is 0 Å². The monoisotopic (exact) mass is 222 g/mol. The van der Waals surface area contributed by atoms with Crippen LogP contribution in [-0.2, 0) is 0 Å². The fourth-order valence-corrected chi connectivity index (χ4v) is 3.48. The minimum absolute atomic E-state index is 0.688. The van der Waals surface area contributed by atoms with Gasteiger partial charge < -0.3 is 10.6 Å². The molecule has 0 radical (unpaired) electrons. The van der Waals surface area contributed by atoms with Crippen molar-refractivity contribution in [2.45, 2.75) is 24.3 Å². The van der Waals surface area contributed by atoms with Gasteiger partial charge in [-0.3, -0.25) is 0 Å². The Balaban J connectivity index is 2.20. The summed E-state index contributed by atoms with van der Waals surface area (Å²) in [5.74, 6) is 0. The van der Waals surface area contributed by atoms with Crippen molar-refractivity contribution in [1.29, 1.82) is 0 Å². The van der Waals surface area contributed by atoms with E-state index < -0.39 is 0 Å². The molecular formula is C12H18N2S. The lowest BCUT2D eigenvalue weighted by molar-refractivity contribution is 0.729. The number of thioether (sulfide) groups is 1. The molecule has 1 saturated heterocycles. The van der Waals surface area contributed by atoms with Gasteiger partial charge in [0.15, 0.2) is 0 Å². The van der Waals surface area contributed by atoms with Crippen LogP contribution in [0.4, 0.5) is 11.4 Å². The molecule has 0 saturated carbocycles. The molecule has 1 heterocycles. The molecule has 0 bridgehead atoms. The van der Waals surface area contributed by atoms with E-state index in [0.717, 1.165) is 18.8 Å². The third-order valence-corrected chi connectivity index (χ3v) is 3.92. The lowest BCUT2D eigenvalue weighted by atomic mass is 10.2. The molecule has 0 amide bonds. The molecule has 3 heteroatoms. The number of rotatable bonds is 1. The fraction of sp³-hybridized carbons (Fsp3) is 0.500. The summed E-state index contributed by atoms with van der Waals surface area (Å²) in [5.41, 5.74) is 8.08. The maximum Gasteiger partial charge on any atom is 0.0600 e. The number of nitrogens with two attached hydrogens (primary N) is 1. The fourth-order valence-electron chi connectivity index (χ4n) is 2.15. The molecule has 82 valence electrons. The summed E-state index contributed by atoms with van der Waals surface area (Å²) in [5, 5.41) is 1.38. The number of nitrogens with zero attached hydrogens (tertiary/aromatic N) is 1. The predicted molar refractivity (Wildman–Crippen MR) is 69.6 cm³/mol. The summed E-state index contributed by atoms with van der Waals surface area (Å²) in [6.07, 6.45) is 0. The van der Waals surface area contributed by atoms with Crippen LogP contribution < -0.4 is 10.6 Å². The van der Waals surface area contributed by atoms with Crippen LogP contribution in [0.5, 0.6) is 0 Å². The number of hydrogen-bond donors (Lipinski definition) is 1. The minimum Gasteiger partial charge on any atom is -0.397 e. The lowest BCUT2D eigenvalue weighted by Crippen LogP contribution is -2.40.